The van der Waals surface area contributed by atoms with Gasteiger partial charge in [-0.25, -0.2) is 4.98 Å². The molecule has 1 heterocycles. The maximum absolute atomic E-state index is 10.8. The molecular formula is C24H32N2O3S. The average molecular weight is 429 g/mol. The predicted octanol–water partition coefficient (Wildman–Crippen LogP) is 5.86. The molecule has 2 aromatic carbocycles. The Bertz CT molecular complexity index is 959. The number of para-hydroxylation sites is 2. The minimum Gasteiger partial charge on any atom is -0.507 e. The zero-order valence-corrected chi connectivity index (χ0v) is 19.5. The lowest BCUT2D eigenvalue weighted by molar-refractivity contribution is -0.136. The van der Waals surface area contributed by atoms with Crippen molar-refractivity contribution >= 4 is 29.6 Å². The number of carboxylic acid groups (broad SMARTS) is 1. The number of hydrogen-bond acceptors (Lipinski definition) is 4. The van der Waals surface area contributed by atoms with Gasteiger partial charge in [-0.1, -0.05) is 65.8 Å². The second kappa shape index (κ2) is 9.13. The van der Waals surface area contributed by atoms with Crippen molar-refractivity contribution in [2.45, 2.75) is 70.4 Å². The number of thiol groups is 1. The number of nitrogens with zero attached hydrogens (tertiary/aromatic N) is 1. The van der Waals surface area contributed by atoms with Crippen LogP contribution in [0, 0.1) is 0 Å². The molecule has 0 aliphatic rings. The lowest BCUT2D eigenvalue weighted by Gasteiger charge is -2.28. The molecule has 6 heteroatoms. The number of hydrogen-bond donors (Lipinski definition) is 4. The fourth-order valence-corrected chi connectivity index (χ4v) is 3.40. The molecular weight excluding hydrogens is 396 g/mol. The molecule has 0 bridgehead atoms. The Morgan fingerprint density at radius 3 is 2.03 bits per heavy atom. The van der Waals surface area contributed by atoms with Gasteiger partial charge < -0.3 is 15.2 Å². The van der Waals surface area contributed by atoms with Crippen LogP contribution in [0.3, 0.4) is 0 Å². The molecule has 162 valence electrons. The molecule has 0 atom stereocenters. The van der Waals surface area contributed by atoms with Crippen LogP contribution < -0.4 is 0 Å². The van der Waals surface area contributed by atoms with Gasteiger partial charge in [-0.15, -0.1) is 12.6 Å². The zero-order chi connectivity index (χ0) is 22.7. The molecule has 30 heavy (non-hydrogen) atoms. The number of rotatable bonds is 3. The Morgan fingerprint density at radius 2 is 1.57 bits per heavy atom. The first-order valence-corrected chi connectivity index (χ1v) is 10.5. The van der Waals surface area contributed by atoms with E-state index >= 15 is 0 Å². The number of aromatic amines is 1. The normalized spacial score (nSPS) is 11.8. The molecule has 0 aliphatic carbocycles. The minimum absolute atomic E-state index is 0.109. The van der Waals surface area contributed by atoms with E-state index in [2.05, 4.69) is 64.1 Å². The van der Waals surface area contributed by atoms with Gasteiger partial charge in [-0.05, 0) is 46.1 Å². The highest BCUT2D eigenvalue weighted by Crippen LogP contribution is 2.39. The number of phenols is 1. The lowest BCUT2D eigenvalue weighted by Crippen LogP contribution is -2.18. The number of carboxylic acids is 1. The van der Waals surface area contributed by atoms with E-state index in [9.17, 15) is 9.90 Å². The van der Waals surface area contributed by atoms with Crippen molar-refractivity contribution < 1.29 is 15.0 Å². The molecule has 3 rings (SSSR count). The summed E-state index contributed by atoms with van der Waals surface area (Å²) >= 11 is 4.08. The summed E-state index contributed by atoms with van der Waals surface area (Å²) in [6.07, 6.45) is 0.597. The molecule has 0 aliphatic heterocycles. The Labute approximate surface area is 184 Å². The number of H-pyrrole nitrogens is 1. The fraction of sp³-hybridized carbons (Fsp3) is 0.417. The third-order valence-electron chi connectivity index (χ3n) is 4.79. The number of aromatic nitrogens is 2. The van der Waals surface area contributed by atoms with Crippen molar-refractivity contribution in [1.82, 2.24) is 9.97 Å². The summed E-state index contributed by atoms with van der Waals surface area (Å²) in [5.41, 5.74) is 4.38. The van der Waals surface area contributed by atoms with E-state index in [1.807, 2.05) is 36.4 Å². The van der Waals surface area contributed by atoms with Gasteiger partial charge in [-0.2, -0.15) is 0 Å². The average Bonchev–Trinajstić information content (AvgIpc) is 2.99. The summed E-state index contributed by atoms with van der Waals surface area (Å²) in [6, 6.07) is 11.7. The van der Waals surface area contributed by atoms with Crippen molar-refractivity contribution in [2.24, 2.45) is 0 Å². The summed E-state index contributed by atoms with van der Waals surface area (Å²) in [5, 5.41) is 20.1. The Balaban J connectivity index is 0.000000263. The van der Waals surface area contributed by atoms with Crippen LogP contribution in [0.25, 0.3) is 11.0 Å². The highest BCUT2D eigenvalue weighted by molar-refractivity contribution is 7.80. The Morgan fingerprint density at radius 1 is 1.03 bits per heavy atom. The van der Waals surface area contributed by atoms with Gasteiger partial charge in [0.05, 0.1) is 11.0 Å². The number of aromatic hydroxyl groups is 1. The number of nitrogens with one attached hydrogen (secondary N) is 1. The van der Waals surface area contributed by atoms with E-state index in [0.29, 0.717) is 17.3 Å². The van der Waals surface area contributed by atoms with Gasteiger partial charge in [0.15, 0.2) is 5.16 Å². The Kier molecular flexibility index (Phi) is 7.24. The van der Waals surface area contributed by atoms with Crippen molar-refractivity contribution in [3.63, 3.8) is 0 Å². The smallest absolute Gasteiger partial charge is 0.303 e. The minimum atomic E-state index is -0.798. The second-order valence-electron chi connectivity index (χ2n) is 9.51. The van der Waals surface area contributed by atoms with Crippen molar-refractivity contribution in [1.29, 1.82) is 0 Å². The SMILES string of the molecule is CC(C)(C)c1cc(CCC(=O)O)cc(C(C)(C)C)c1O.Sc1nc2ccccc2[nH]1. The molecule has 0 fully saturated rings. The maximum Gasteiger partial charge on any atom is 0.303 e. The van der Waals surface area contributed by atoms with Gasteiger partial charge in [0.2, 0.25) is 0 Å². The number of phenolic OH excluding ortho intramolecular Hbond substituents is 1. The van der Waals surface area contributed by atoms with Gasteiger partial charge in [0, 0.05) is 6.42 Å². The van der Waals surface area contributed by atoms with Crippen LogP contribution in [-0.2, 0) is 22.0 Å². The van der Waals surface area contributed by atoms with Crippen molar-refractivity contribution in [3.8, 4) is 5.75 Å². The van der Waals surface area contributed by atoms with Crippen LogP contribution in [0.15, 0.2) is 41.6 Å². The first-order chi connectivity index (χ1) is 13.8. The lowest BCUT2D eigenvalue weighted by atomic mass is 9.78. The van der Waals surface area contributed by atoms with Crippen LogP contribution in [0.2, 0.25) is 0 Å². The molecule has 3 N–H and O–H groups in total. The number of aliphatic carboxylic acids is 1. The number of aryl methyl sites for hydroxylation is 1. The van der Waals surface area contributed by atoms with E-state index in [0.717, 1.165) is 27.7 Å². The highest BCUT2D eigenvalue weighted by atomic mass is 32.1. The maximum atomic E-state index is 10.8. The topological polar surface area (TPSA) is 86.2 Å². The molecule has 0 amide bonds. The van der Waals surface area contributed by atoms with E-state index in [1.54, 1.807) is 0 Å². The van der Waals surface area contributed by atoms with Crippen molar-refractivity contribution in [2.75, 3.05) is 0 Å². The molecule has 0 radical (unpaired) electrons. The first kappa shape index (κ1) is 23.8. The van der Waals surface area contributed by atoms with Crippen molar-refractivity contribution in [3.05, 3.63) is 53.1 Å². The van der Waals surface area contributed by atoms with Crippen LogP contribution in [-0.4, -0.2) is 26.2 Å². The monoisotopic (exact) mass is 428 g/mol. The standard InChI is InChI=1S/C17H26O3.C7H6N2S/c1-16(2,3)12-9-11(7-8-14(18)19)10-13(15(12)20)17(4,5)6;10-7-8-5-3-1-2-4-6(5)9-7/h9-10,20H,7-8H2,1-6H3,(H,18,19);1-4H,(H2,8,9,10). The summed E-state index contributed by atoms with van der Waals surface area (Å²) < 4.78 is 0. The van der Waals surface area contributed by atoms with E-state index in [4.69, 9.17) is 5.11 Å². The molecule has 0 saturated heterocycles. The van der Waals surface area contributed by atoms with Gasteiger partial charge in [0.1, 0.15) is 5.75 Å². The largest absolute Gasteiger partial charge is 0.507 e. The van der Waals surface area contributed by atoms with Crippen LogP contribution in [0.5, 0.6) is 5.75 Å². The number of fused-ring (bicyclic) bond motifs is 1. The summed E-state index contributed by atoms with van der Waals surface area (Å²) in [5.74, 6) is -0.461. The quantitative estimate of drug-likeness (QED) is 0.394. The first-order valence-electron chi connectivity index (χ1n) is 10.0. The molecule has 0 unspecified atom stereocenters. The number of imidazole rings is 1. The van der Waals surface area contributed by atoms with E-state index in [1.165, 1.54) is 0 Å². The van der Waals surface area contributed by atoms with Gasteiger partial charge >= 0.3 is 5.97 Å². The van der Waals surface area contributed by atoms with E-state index < -0.39 is 5.97 Å². The van der Waals surface area contributed by atoms with Crippen LogP contribution in [0.1, 0.15) is 64.7 Å². The number of carbonyl (C=O) groups is 1. The third kappa shape index (κ3) is 6.26. The highest BCUT2D eigenvalue weighted by Gasteiger charge is 2.26. The van der Waals surface area contributed by atoms with Crippen LogP contribution >= 0.6 is 12.6 Å². The predicted molar refractivity (Wildman–Crippen MR) is 125 cm³/mol. The molecule has 3 aromatic rings. The molecule has 0 spiro atoms. The third-order valence-corrected chi connectivity index (χ3v) is 5.00. The summed E-state index contributed by atoms with van der Waals surface area (Å²) in [7, 11) is 0. The van der Waals surface area contributed by atoms with Gasteiger partial charge in [-0.3, -0.25) is 4.79 Å². The zero-order valence-electron chi connectivity index (χ0n) is 18.6. The summed E-state index contributed by atoms with van der Waals surface area (Å²) in [6.45, 7) is 12.3. The molecule has 5 nitrogen and oxygen atoms in total. The summed E-state index contributed by atoms with van der Waals surface area (Å²) in [4.78, 5) is 17.9. The number of benzene rings is 2. The second-order valence-corrected chi connectivity index (χ2v) is 9.93. The van der Waals surface area contributed by atoms with Gasteiger partial charge in [0.25, 0.3) is 0 Å². The molecule has 0 saturated carbocycles. The molecule has 1 aromatic heterocycles. The van der Waals surface area contributed by atoms with E-state index in [-0.39, 0.29) is 17.3 Å². The Hall–Kier alpha value is -2.47. The fourth-order valence-electron chi connectivity index (χ4n) is 3.17. The van der Waals surface area contributed by atoms with Crippen LogP contribution in [0.4, 0.5) is 0 Å².